The first kappa shape index (κ1) is 16.5. The summed E-state index contributed by atoms with van der Waals surface area (Å²) in [6.07, 6.45) is 1.59. The second-order valence-corrected chi connectivity index (χ2v) is 7.99. The van der Waals surface area contributed by atoms with Gasteiger partial charge in [0.2, 0.25) is 0 Å². The van der Waals surface area contributed by atoms with Crippen LogP contribution in [0.3, 0.4) is 0 Å². The van der Waals surface area contributed by atoms with Crippen LogP contribution in [0.15, 0.2) is 23.2 Å². The molecule has 0 aliphatic heterocycles. The number of sulfonamides is 1. The Hall–Kier alpha value is -0.860. The summed E-state index contributed by atoms with van der Waals surface area (Å²) in [7, 11) is -2.10. The van der Waals surface area contributed by atoms with Crippen LogP contribution in [0, 0.1) is 6.92 Å². The van der Waals surface area contributed by atoms with Gasteiger partial charge in [-0.15, -0.1) is 11.3 Å². The molecule has 0 atom stereocenters. The molecule has 0 aliphatic carbocycles. The Morgan fingerprint density at radius 2 is 2.05 bits per heavy atom. The molecule has 21 heavy (non-hydrogen) atoms. The number of thiazole rings is 1. The monoisotopic (exact) mass is 365 g/mol. The van der Waals surface area contributed by atoms with E-state index in [1.54, 1.807) is 19.3 Å². The van der Waals surface area contributed by atoms with Crippen LogP contribution in [0.5, 0.6) is 0 Å². The zero-order valence-electron chi connectivity index (χ0n) is 11.3. The predicted octanol–water partition coefficient (Wildman–Crippen LogP) is 3.28. The number of nitrogens with zero attached hydrogens (tertiary/aromatic N) is 1. The van der Waals surface area contributed by atoms with Gasteiger partial charge in [-0.05, 0) is 31.7 Å². The van der Waals surface area contributed by atoms with Crippen molar-refractivity contribution in [2.75, 3.05) is 11.8 Å². The van der Waals surface area contributed by atoms with Crippen LogP contribution in [0.4, 0.5) is 5.13 Å². The fraction of sp³-hybridized carbons (Fsp3) is 0.250. The Kier molecular flexibility index (Phi) is 5.11. The molecule has 1 heterocycles. The third-order valence-corrected chi connectivity index (χ3v) is 5.68. The zero-order valence-corrected chi connectivity index (χ0v) is 14.4. The van der Waals surface area contributed by atoms with Crippen molar-refractivity contribution >= 4 is 49.7 Å². The highest BCUT2D eigenvalue weighted by atomic mass is 35.5. The molecular formula is C12H13Cl2N3O2S2. The summed E-state index contributed by atoms with van der Waals surface area (Å²) in [4.78, 5) is 4.82. The normalized spacial score (nSPS) is 11.6. The molecule has 114 valence electrons. The number of nitrogens with one attached hydrogen (secondary N) is 2. The highest BCUT2D eigenvalue weighted by molar-refractivity contribution is 7.93. The summed E-state index contributed by atoms with van der Waals surface area (Å²) in [5.41, 5.74) is 0.613. The molecule has 0 unspecified atom stereocenters. The molecule has 0 spiro atoms. The number of benzene rings is 1. The lowest BCUT2D eigenvalue weighted by Crippen LogP contribution is -2.15. The SMILES string of the molecule is CNCc1cc(Cl)cc(S(=O)(=O)Nc2ncc(C)s2)c1Cl. The van der Waals surface area contributed by atoms with Gasteiger partial charge >= 0.3 is 0 Å². The smallest absolute Gasteiger partial charge is 0.265 e. The van der Waals surface area contributed by atoms with Gasteiger partial charge in [-0.25, -0.2) is 13.4 Å². The van der Waals surface area contributed by atoms with E-state index in [0.717, 1.165) is 4.88 Å². The van der Waals surface area contributed by atoms with Gasteiger partial charge in [0.05, 0.1) is 5.02 Å². The number of anilines is 1. The Labute approximate surface area is 137 Å². The number of halogens is 2. The van der Waals surface area contributed by atoms with Crippen molar-refractivity contribution in [3.8, 4) is 0 Å². The first-order valence-corrected chi connectivity index (χ1v) is 8.97. The summed E-state index contributed by atoms with van der Waals surface area (Å²) in [5.74, 6) is 0. The summed E-state index contributed by atoms with van der Waals surface area (Å²) >= 11 is 13.4. The van der Waals surface area contributed by atoms with Crippen LogP contribution in [0.2, 0.25) is 10.0 Å². The molecule has 9 heteroatoms. The maximum absolute atomic E-state index is 12.4. The molecule has 0 fully saturated rings. The van der Waals surface area contributed by atoms with Crippen molar-refractivity contribution in [1.82, 2.24) is 10.3 Å². The minimum absolute atomic E-state index is 0.0604. The third-order valence-electron chi connectivity index (χ3n) is 2.58. The van der Waals surface area contributed by atoms with Crippen molar-refractivity contribution in [3.05, 3.63) is 38.8 Å². The fourth-order valence-electron chi connectivity index (χ4n) is 1.70. The summed E-state index contributed by atoms with van der Waals surface area (Å²) in [6.45, 7) is 2.26. The Morgan fingerprint density at radius 1 is 1.33 bits per heavy atom. The Bertz CT molecular complexity index is 760. The van der Waals surface area contributed by atoms with Gasteiger partial charge in [-0.1, -0.05) is 23.2 Å². The van der Waals surface area contributed by atoms with E-state index in [9.17, 15) is 8.42 Å². The van der Waals surface area contributed by atoms with E-state index >= 15 is 0 Å². The quantitative estimate of drug-likeness (QED) is 0.852. The lowest BCUT2D eigenvalue weighted by molar-refractivity contribution is 0.601. The largest absolute Gasteiger partial charge is 0.316 e. The van der Waals surface area contributed by atoms with Crippen molar-refractivity contribution < 1.29 is 8.42 Å². The van der Waals surface area contributed by atoms with E-state index in [-0.39, 0.29) is 9.92 Å². The van der Waals surface area contributed by atoms with Gasteiger partial charge in [0.15, 0.2) is 5.13 Å². The zero-order chi connectivity index (χ0) is 15.6. The van der Waals surface area contributed by atoms with Gasteiger partial charge in [0, 0.05) is 22.6 Å². The van der Waals surface area contributed by atoms with E-state index in [0.29, 0.717) is 22.3 Å². The van der Waals surface area contributed by atoms with E-state index in [4.69, 9.17) is 23.2 Å². The Morgan fingerprint density at radius 3 is 2.62 bits per heavy atom. The fourth-order valence-corrected chi connectivity index (χ4v) is 4.54. The summed E-state index contributed by atoms with van der Waals surface area (Å²) < 4.78 is 27.3. The van der Waals surface area contributed by atoms with Crippen molar-refractivity contribution in [3.63, 3.8) is 0 Å². The minimum atomic E-state index is -3.84. The van der Waals surface area contributed by atoms with Crippen molar-refractivity contribution in [2.24, 2.45) is 0 Å². The van der Waals surface area contributed by atoms with E-state index < -0.39 is 10.0 Å². The molecule has 2 aromatic rings. The summed E-state index contributed by atoms with van der Waals surface area (Å²) in [5, 5.41) is 3.66. The number of hydrogen-bond acceptors (Lipinski definition) is 5. The van der Waals surface area contributed by atoms with Crippen molar-refractivity contribution in [2.45, 2.75) is 18.4 Å². The van der Waals surface area contributed by atoms with Crippen LogP contribution in [-0.2, 0) is 16.6 Å². The van der Waals surface area contributed by atoms with Crippen LogP contribution in [0.1, 0.15) is 10.4 Å². The topological polar surface area (TPSA) is 71.1 Å². The molecule has 5 nitrogen and oxygen atoms in total. The molecule has 0 amide bonds. The maximum atomic E-state index is 12.4. The number of rotatable bonds is 5. The first-order valence-electron chi connectivity index (χ1n) is 5.91. The van der Waals surface area contributed by atoms with Gasteiger partial charge in [-0.2, -0.15) is 0 Å². The second kappa shape index (κ2) is 6.50. The average molecular weight is 366 g/mol. The van der Waals surface area contributed by atoms with E-state index in [2.05, 4.69) is 15.0 Å². The Balaban J connectivity index is 2.44. The lowest BCUT2D eigenvalue weighted by atomic mass is 10.2. The van der Waals surface area contributed by atoms with Gasteiger partial charge in [0.25, 0.3) is 10.0 Å². The molecule has 0 aliphatic rings. The van der Waals surface area contributed by atoms with Gasteiger partial charge < -0.3 is 5.32 Å². The molecule has 0 radical (unpaired) electrons. The molecule has 0 saturated heterocycles. The van der Waals surface area contributed by atoms with Gasteiger partial charge in [-0.3, -0.25) is 4.72 Å². The van der Waals surface area contributed by atoms with Crippen molar-refractivity contribution in [1.29, 1.82) is 0 Å². The average Bonchev–Trinajstić information content (AvgIpc) is 2.78. The summed E-state index contributed by atoms with van der Waals surface area (Å²) in [6, 6.07) is 2.96. The lowest BCUT2D eigenvalue weighted by Gasteiger charge is -2.11. The van der Waals surface area contributed by atoms with Crippen LogP contribution >= 0.6 is 34.5 Å². The predicted molar refractivity (Wildman–Crippen MR) is 86.9 cm³/mol. The highest BCUT2D eigenvalue weighted by Gasteiger charge is 2.22. The molecule has 2 rings (SSSR count). The second-order valence-electron chi connectivity index (χ2n) is 4.29. The minimum Gasteiger partial charge on any atom is -0.316 e. The molecule has 0 saturated carbocycles. The van der Waals surface area contributed by atoms with E-state index in [1.807, 2.05) is 6.92 Å². The third kappa shape index (κ3) is 3.87. The maximum Gasteiger partial charge on any atom is 0.265 e. The number of hydrogen-bond donors (Lipinski definition) is 2. The van der Waals surface area contributed by atoms with Crippen LogP contribution < -0.4 is 10.0 Å². The molecule has 1 aromatic carbocycles. The molecule has 2 N–H and O–H groups in total. The van der Waals surface area contributed by atoms with Crippen LogP contribution in [-0.4, -0.2) is 20.4 Å². The standard InChI is InChI=1S/C12H13Cl2N3O2S2/c1-7-5-16-12(20-7)17-21(18,19)10-4-9(13)3-8(6-15-2)11(10)14/h3-5,15H,6H2,1-2H3,(H,16,17). The molecule has 1 aromatic heterocycles. The van der Waals surface area contributed by atoms with E-state index in [1.165, 1.54) is 17.4 Å². The first-order chi connectivity index (χ1) is 9.83. The number of aromatic nitrogens is 1. The molecule has 0 bridgehead atoms. The van der Waals surface area contributed by atoms with Crippen LogP contribution in [0.25, 0.3) is 0 Å². The highest BCUT2D eigenvalue weighted by Crippen LogP contribution is 2.31. The number of aryl methyl sites for hydroxylation is 1. The molecular weight excluding hydrogens is 353 g/mol. The van der Waals surface area contributed by atoms with Gasteiger partial charge in [0.1, 0.15) is 4.90 Å².